The first kappa shape index (κ1) is 9.85. The SMILES string of the molecule is Brc1ccc(Br)c2c1CN1CCCC1=N2. The van der Waals surface area contributed by atoms with Gasteiger partial charge in [-0.3, -0.25) is 0 Å². The number of hydrogen-bond donors (Lipinski definition) is 0. The predicted molar refractivity (Wildman–Crippen MR) is 68.6 cm³/mol. The van der Waals surface area contributed by atoms with Gasteiger partial charge in [0, 0.05) is 34.0 Å². The first-order valence-corrected chi connectivity index (χ1v) is 6.64. The molecule has 1 fully saturated rings. The number of hydrogen-bond acceptors (Lipinski definition) is 2. The molecule has 2 aliphatic heterocycles. The van der Waals surface area contributed by atoms with Crippen LogP contribution in [0, 0.1) is 0 Å². The first-order valence-electron chi connectivity index (χ1n) is 5.05. The van der Waals surface area contributed by atoms with Crippen molar-refractivity contribution in [2.24, 2.45) is 4.99 Å². The second kappa shape index (κ2) is 3.59. The second-order valence-corrected chi connectivity index (χ2v) is 5.62. The van der Waals surface area contributed by atoms with Crippen molar-refractivity contribution in [1.29, 1.82) is 0 Å². The van der Waals surface area contributed by atoms with E-state index in [1.165, 1.54) is 17.8 Å². The van der Waals surface area contributed by atoms with Crippen LogP contribution in [0.5, 0.6) is 0 Å². The zero-order valence-electron chi connectivity index (χ0n) is 8.13. The Bertz CT molecular complexity index is 454. The first-order chi connectivity index (χ1) is 7.25. The topological polar surface area (TPSA) is 15.6 Å². The van der Waals surface area contributed by atoms with Crippen molar-refractivity contribution in [3.05, 3.63) is 26.6 Å². The molecule has 0 unspecified atom stereocenters. The Morgan fingerprint density at radius 3 is 2.87 bits per heavy atom. The molecule has 2 heterocycles. The highest BCUT2D eigenvalue weighted by atomic mass is 79.9. The van der Waals surface area contributed by atoms with Crippen molar-refractivity contribution < 1.29 is 0 Å². The van der Waals surface area contributed by atoms with Crippen LogP contribution >= 0.6 is 31.9 Å². The lowest BCUT2D eigenvalue weighted by Crippen LogP contribution is -2.27. The van der Waals surface area contributed by atoms with Gasteiger partial charge in [0.05, 0.1) is 5.69 Å². The fraction of sp³-hybridized carbons (Fsp3) is 0.364. The molecule has 1 saturated heterocycles. The van der Waals surface area contributed by atoms with Gasteiger partial charge in [0.1, 0.15) is 5.84 Å². The van der Waals surface area contributed by atoms with Crippen LogP contribution in [0.3, 0.4) is 0 Å². The Morgan fingerprint density at radius 2 is 2.00 bits per heavy atom. The van der Waals surface area contributed by atoms with Gasteiger partial charge < -0.3 is 4.90 Å². The monoisotopic (exact) mass is 328 g/mol. The summed E-state index contributed by atoms with van der Waals surface area (Å²) in [5, 5.41) is 0. The maximum atomic E-state index is 4.73. The molecule has 2 nitrogen and oxygen atoms in total. The van der Waals surface area contributed by atoms with Crippen molar-refractivity contribution in [2.75, 3.05) is 6.54 Å². The summed E-state index contributed by atoms with van der Waals surface area (Å²) in [5.74, 6) is 1.25. The van der Waals surface area contributed by atoms with Crippen molar-refractivity contribution in [1.82, 2.24) is 4.90 Å². The van der Waals surface area contributed by atoms with Crippen molar-refractivity contribution in [3.63, 3.8) is 0 Å². The minimum Gasteiger partial charge on any atom is -0.356 e. The number of aliphatic imine (C=N–C) groups is 1. The van der Waals surface area contributed by atoms with Crippen LogP contribution in [-0.2, 0) is 6.54 Å². The lowest BCUT2D eigenvalue weighted by Gasteiger charge is -2.26. The number of halogens is 2. The van der Waals surface area contributed by atoms with Gasteiger partial charge in [0.2, 0.25) is 0 Å². The lowest BCUT2D eigenvalue weighted by molar-refractivity contribution is 0.442. The summed E-state index contributed by atoms with van der Waals surface area (Å²) in [7, 11) is 0. The van der Waals surface area contributed by atoms with E-state index in [1.807, 2.05) is 0 Å². The van der Waals surface area contributed by atoms with Crippen molar-refractivity contribution in [3.8, 4) is 0 Å². The number of benzene rings is 1. The van der Waals surface area contributed by atoms with Gasteiger partial charge in [0.25, 0.3) is 0 Å². The van der Waals surface area contributed by atoms with Gasteiger partial charge in [-0.05, 0) is 34.5 Å². The van der Waals surface area contributed by atoms with E-state index in [2.05, 4.69) is 48.9 Å². The average Bonchev–Trinajstić information content (AvgIpc) is 2.69. The Balaban J connectivity index is 2.18. The molecule has 3 rings (SSSR count). The van der Waals surface area contributed by atoms with Crippen LogP contribution in [0.25, 0.3) is 0 Å². The highest BCUT2D eigenvalue weighted by molar-refractivity contribution is 9.11. The van der Waals surface area contributed by atoms with Crippen molar-refractivity contribution in [2.45, 2.75) is 19.4 Å². The third-order valence-corrected chi connectivity index (χ3v) is 4.34. The van der Waals surface area contributed by atoms with Crippen LogP contribution in [0.15, 0.2) is 26.1 Å². The predicted octanol–water partition coefficient (Wildman–Crippen LogP) is 3.85. The summed E-state index contributed by atoms with van der Waals surface area (Å²) in [6, 6.07) is 4.14. The van der Waals surface area contributed by atoms with Gasteiger partial charge in [-0.2, -0.15) is 0 Å². The van der Waals surface area contributed by atoms with E-state index in [9.17, 15) is 0 Å². The molecule has 1 aromatic rings. The van der Waals surface area contributed by atoms with Crippen LogP contribution in [-0.4, -0.2) is 17.3 Å². The second-order valence-electron chi connectivity index (χ2n) is 3.91. The largest absolute Gasteiger partial charge is 0.356 e. The molecule has 0 spiro atoms. The molecule has 0 aliphatic carbocycles. The molecule has 0 N–H and O–H groups in total. The zero-order chi connectivity index (χ0) is 10.4. The van der Waals surface area contributed by atoms with E-state index in [-0.39, 0.29) is 0 Å². The van der Waals surface area contributed by atoms with E-state index in [4.69, 9.17) is 4.99 Å². The van der Waals surface area contributed by atoms with Crippen LogP contribution in [0.2, 0.25) is 0 Å². The number of nitrogens with zero attached hydrogens (tertiary/aromatic N) is 2. The maximum absolute atomic E-state index is 4.73. The Hall–Kier alpha value is -0.350. The van der Waals surface area contributed by atoms with Gasteiger partial charge in [-0.1, -0.05) is 15.9 Å². The van der Waals surface area contributed by atoms with Crippen LogP contribution < -0.4 is 0 Å². The fourth-order valence-corrected chi connectivity index (χ4v) is 3.09. The third kappa shape index (κ3) is 1.54. The summed E-state index contributed by atoms with van der Waals surface area (Å²) in [6.07, 6.45) is 2.36. The molecule has 0 saturated carbocycles. The zero-order valence-corrected chi connectivity index (χ0v) is 11.3. The molecule has 78 valence electrons. The Labute approximate surface area is 106 Å². The molecule has 0 atom stereocenters. The van der Waals surface area contributed by atoms with E-state index in [0.29, 0.717) is 0 Å². The standard InChI is InChI=1S/C11H10Br2N2/c12-8-3-4-9(13)11-7(8)6-15-5-1-2-10(15)14-11/h3-4H,1-2,5-6H2. The van der Waals surface area contributed by atoms with Crippen LogP contribution in [0.4, 0.5) is 5.69 Å². The van der Waals surface area contributed by atoms with Gasteiger partial charge >= 0.3 is 0 Å². The highest BCUT2D eigenvalue weighted by Crippen LogP contribution is 2.39. The fourth-order valence-electron chi connectivity index (χ4n) is 2.19. The third-order valence-electron chi connectivity index (χ3n) is 2.96. The summed E-state index contributed by atoms with van der Waals surface area (Å²) < 4.78 is 2.26. The smallest absolute Gasteiger partial charge is 0.105 e. The number of amidine groups is 1. The lowest BCUT2D eigenvalue weighted by atomic mass is 10.1. The molecule has 4 heteroatoms. The Morgan fingerprint density at radius 1 is 1.20 bits per heavy atom. The molecule has 2 aliphatic rings. The Kier molecular flexibility index (Phi) is 2.36. The van der Waals surface area contributed by atoms with Gasteiger partial charge in [-0.25, -0.2) is 4.99 Å². The van der Waals surface area contributed by atoms with E-state index in [0.717, 1.165) is 34.1 Å². The van der Waals surface area contributed by atoms with Crippen LogP contribution in [0.1, 0.15) is 18.4 Å². The number of fused-ring (bicyclic) bond motifs is 2. The molecule has 0 aromatic heterocycles. The number of rotatable bonds is 0. The van der Waals surface area contributed by atoms with E-state index >= 15 is 0 Å². The molecular formula is C11H10Br2N2. The van der Waals surface area contributed by atoms with Gasteiger partial charge in [0.15, 0.2) is 0 Å². The minimum atomic E-state index is 0.994. The van der Waals surface area contributed by atoms with E-state index in [1.54, 1.807) is 0 Å². The molecular weight excluding hydrogens is 320 g/mol. The van der Waals surface area contributed by atoms with E-state index < -0.39 is 0 Å². The average molecular weight is 330 g/mol. The summed E-state index contributed by atoms with van der Waals surface area (Å²) in [6.45, 7) is 2.14. The van der Waals surface area contributed by atoms with Crippen molar-refractivity contribution >= 4 is 43.4 Å². The summed E-state index contributed by atoms with van der Waals surface area (Å²) >= 11 is 7.16. The summed E-state index contributed by atoms with van der Waals surface area (Å²) in [4.78, 5) is 7.11. The molecule has 1 aromatic carbocycles. The van der Waals surface area contributed by atoms with Gasteiger partial charge in [-0.15, -0.1) is 0 Å². The highest BCUT2D eigenvalue weighted by Gasteiger charge is 2.26. The quantitative estimate of drug-likeness (QED) is 0.706. The minimum absolute atomic E-state index is 0.994. The maximum Gasteiger partial charge on any atom is 0.105 e. The summed E-state index contributed by atoms with van der Waals surface area (Å²) in [5.41, 5.74) is 2.41. The molecule has 15 heavy (non-hydrogen) atoms. The molecule has 0 amide bonds. The normalized spacial score (nSPS) is 18.5. The molecule has 0 radical (unpaired) electrons. The molecule has 0 bridgehead atoms.